The monoisotopic (exact) mass is 399 g/mol. The number of hydrogen-bond acceptors (Lipinski definition) is 7. The highest BCUT2D eigenvalue weighted by atomic mass is 32.1. The van der Waals surface area contributed by atoms with E-state index >= 15 is 0 Å². The van der Waals surface area contributed by atoms with Crippen LogP contribution < -0.4 is 10.6 Å². The third-order valence-corrected chi connectivity index (χ3v) is 4.50. The molecule has 0 atom stereocenters. The Balaban J connectivity index is 1.56. The summed E-state index contributed by atoms with van der Waals surface area (Å²) in [4.78, 5) is 22.2. The fraction of sp³-hybridized carbons (Fsp3) is 0.0588. The van der Waals surface area contributed by atoms with Crippen molar-refractivity contribution >= 4 is 45.4 Å². The number of hydrogen-bond donors (Lipinski definition) is 2. The molecule has 2 aromatic carbocycles. The van der Waals surface area contributed by atoms with E-state index in [1.807, 2.05) is 30.3 Å². The standard InChI is InChI=1S/C17H13N5O3S2/c23-15(12-6-8-13(9-7-12)22(24)25)18-16(26)19-17-21-20-14(27-17)10-11-4-2-1-3-5-11/h1-9H,10H2,(H2,18,19,21,23,26). The summed E-state index contributed by atoms with van der Waals surface area (Å²) in [6, 6.07) is 15.1. The van der Waals surface area contributed by atoms with Crippen LogP contribution in [0, 0.1) is 10.1 Å². The molecule has 0 radical (unpaired) electrons. The van der Waals surface area contributed by atoms with Gasteiger partial charge in [0.15, 0.2) is 5.11 Å². The molecule has 0 saturated carbocycles. The molecular formula is C17H13N5O3S2. The molecule has 0 aliphatic carbocycles. The van der Waals surface area contributed by atoms with Gasteiger partial charge in [-0.05, 0) is 29.9 Å². The molecule has 0 aliphatic heterocycles. The molecule has 0 spiro atoms. The summed E-state index contributed by atoms with van der Waals surface area (Å²) in [7, 11) is 0. The van der Waals surface area contributed by atoms with E-state index in [2.05, 4.69) is 20.8 Å². The summed E-state index contributed by atoms with van der Waals surface area (Å²) >= 11 is 6.44. The number of amides is 1. The van der Waals surface area contributed by atoms with Gasteiger partial charge in [0.2, 0.25) is 5.13 Å². The Kier molecular flexibility index (Phi) is 5.79. The second-order valence-corrected chi connectivity index (χ2v) is 6.85. The zero-order valence-corrected chi connectivity index (χ0v) is 15.4. The number of benzene rings is 2. The predicted molar refractivity (Wildman–Crippen MR) is 106 cm³/mol. The third kappa shape index (κ3) is 5.12. The van der Waals surface area contributed by atoms with E-state index in [-0.39, 0.29) is 16.4 Å². The van der Waals surface area contributed by atoms with Gasteiger partial charge in [0.25, 0.3) is 11.6 Å². The van der Waals surface area contributed by atoms with Gasteiger partial charge in [-0.1, -0.05) is 41.7 Å². The Morgan fingerprint density at radius 3 is 2.48 bits per heavy atom. The minimum Gasteiger partial charge on any atom is -0.307 e. The van der Waals surface area contributed by atoms with Crippen molar-refractivity contribution in [3.63, 3.8) is 0 Å². The van der Waals surface area contributed by atoms with Gasteiger partial charge < -0.3 is 5.32 Å². The molecule has 10 heteroatoms. The van der Waals surface area contributed by atoms with Crippen molar-refractivity contribution in [1.29, 1.82) is 0 Å². The second-order valence-electron chi connectivity index (χ2n) is 5.38. The molecule has 1 amide bonds. The number of thiocarbonyl (C=S) groups is 1. The van der Waals surface area contributed by atoms with Crippen LogP contribution in [0.4, 0.5) is 10.8 Å². The van der Waals surface area contributed by atoms with Crippen LogP contribution in [-0.2, 0) is 6.42 Å². The zero-order chi connectivity index (χ0) is 19.2. The predicted octanol–water partition coefficient (Wildman–Crippen LogP) is 3.16. The van der Waals surface area contributed by atoms with Gasteiger partial charge in [-0.15, -0.1) is 10.2 Å². The van der Waals surface area contributed by atoms with Crippen molar-refractivity contribution in [1.82, 2.24) is 15.5 Å². The fourth-order valence-corrected chi connectivity index (χ4v) is 3.22. The van der Waals surface area contributed by atoms with Crippen molar-refractivity contribution in [2.45, 2.75) is 6.42 Å². The molecule has 0 unspecified atom stereocenters. The van der Waals surface area contributed by atoms with Gasteiger partial charge in [-0.3, -0.25) is 20.2 Å². The van der Waals surface area contributed by atoms with E-state index in [0.717, 1.165) is 10.6 Å². The molecule has 2 N–H and O–H groups in total. The first-order valence-corrected chi connectivity index (χ1v) is 8.97. The highest BCUT2D eigenvalue weighted by molar-refractivity contribution is 7.80. The topological polar surface area (TPSA) is 110 Å². The Morgan fingerprint density at radius 2 is 1.81 bits per heavy atom. The van der Waals surface area contributed by atoms with Crippen molar-refractivity contribution in [3.8, 4) is 0 Å². The molecule has 0 saturated heterocycles. The first-order valence-electron chi connectivity index (χ1n) is 7.74. The van der Waals surface area contributed by atoms with Gasteiger partial charge in [-0.25, -0.2) is 0 Å². The van der Waals surface area contributed by atoms with Crippen molar-refractivity contribution < 1.29 is 9.72 Å². The largest absolute Gasteiger partial charge is 0.307 e. The van der Waals surface area contributed by atoms with E-state index in [9.17, 15) is 14.9 Å². The maximum absolute atomic E-state index is 12.1. The van der Waals surface area contributed by atoms with Crippen LogP contribution in [0.5, 0.6) is 0 Å². The van der Waals surface area contributed by atoms with Gasteiger partial charge in [0, 0.05) is 24.1 Å². The van der Waals surface area contributed by atoms with E-state index in [4.69, 9.17) is 12.2 Å². The summed E-state index contributed by atoms with van der Waals surface area (Å²) in [6.07, 6.45) is 0.655. The molecule has 1 aromatic heterocycles. The van der Waals surface area contributed by atoms with E-state index in [1.54, 1.807) is 0 Å². The lowest BCUT2D eigenvalue weighted by Crippen LogP contribution is -2.34. The summed E-state index contributed by atoms with van der Waals surface area (Å²) < 4.78 is 0. The van der Waals surface area contributed by atoms with Crippen molar-refractivity contribution in [3.05, 3.63) is 80.8 Å². The number of anilines is 1. The molecule has 3 rings (SSSR count). The highest BCUT2D eigenvalue weighted by Crippen LogP contribution is 2.18. The van der Waals surface area contributed by atoms with Gasteiger partial charge in [0.1, 0.15) is 5.01 Å². The Labute approximate surface area is 163 Å². The lowest BCUT2D eigenvalue weighted by atomic mass is 10.2. The van der Waals surface area contributed by atoms with Crippen LogP contribution >= 0.6 is 23.6 Å². The molecule has 136 valence electrons. The van der Waals surface area contributed by atoms with Crippen LogP contribution in [0.3, 0.4) is 0 Å². The molecule has 3 aromatic rings. The first kappa shape index (κ1) is 18.5. The molecule has 8 nitrogen and oxygen atoms in total. The summed E-state index contributed by atoms with van der Waals surface area (Å²) in [5, 5.41) is 25.4. The Hall–Kier alpha value is -3.24. The quantitative estimate of drug-likeness (QED) is 0.385. The number of nitro groups is 1. The molecule has 0 fully saturated rings. The number of nitro benzene ring substituents is 1. The number of nitrogens with one attached hydrogen (secondary N) is 2. The number of nitrogens with zero attached hydrogens (tertiary/aromatic N) is 3. The fourth-order valence-electron chi connectivity index (χ4n) is 2.18. The average Bonchev–Trinajstić information content (AvgIpc) is 3.09. The van der Waals surface area contributed by atoms with Gasteiger partial charge >= 0.3 is 0 Å². The molecular weight excluding hydrogens is 386 g/mol. The normalized spacial score (nSPS) is 10.2. The second kappa shape index (κ2) is 8.43. The number of rotatable bonds is 5. The third-order valence-electron chi connectivity index (χ3n) is 3.45. The molecule has 27 heavy (non-hydrogen) atoms. The van der Waals surface area contributed by atoms with Crippen LogP contribution in [0.25, 0.3) is 0 Å². The van der Waals surface area contributed by atoms with Crippen LogP contribution in [0.15, 0.2) is 54.6 Å². The number of carbonyl (C=O) groups excluding carboxylic acids is 1. The van der Waals surface area contributed by atoms with E-state index in [1.165, 1.54) is 35.6 Å². The minimum absolute atomic E-state index is 0.0702. The SMILES string of the molecule is O=C(NC(=S)Nc1nnc(Cc2ccccc2)s1)c1ccc([N+](=O)[O-])cc1. The van der Waals surface area contributed by atoms with Crippen LogP contribution in [-0.4, -0.2) is 26.1 Å². The average molecular weight is 399 g/mol. The number of aromatic nitrogens is 2. The highest BCUT2D eigenvalue weighted by Gasteiger charge is 2.12. The van der Waals surface area contributed by atoms with Crippen LogP contribution in [0.2, 0.25) is 0 Å². The lowest BCUT2D eigenvalue weighted by Gasteiger charge is -2.06. The van der Waals surface area contributed by atoms with Gasteiger partial charge in [0.05, 0.1) is 4.92 Å². The Bertz CT molecular complexity index is 974. The lowest BCUT2D eigenvalue weighted by molar-refractivity contribution is -0.384. The van der Waals surface area contributed by atoms with E-state index in [0.29, 0.717) is 11.6 Å². The minimum atomic E-state index is -0.531. The maximum Gasteiger partial charge on any atom is 0.269 e. The zero-order valence-electron chi connectivity index (χ0n) is 13.8. The number of carbonyl (C=O) groups is 1. The molecule has 0 aliphatic rings. The maximum atomic E-state index is 12.1. The molecule has 0 bridgehead atoms. The number of non-ortho nitro benzene ring substituents is 1. The Morgan fingerprint density at radius 1 is 1.11 bits per heavy atom. The van der Waals surface area contributed by atoms with Crippen molar-refractivity contribution in [2.75, 3.05) is 5.32 Å². The smallest absolute Gasteiger partial charge is 0.269 e. The van der Waals surface area contributed by atoms with Crippen molar-refractivity contribution in [2.24, 2.45) is 0 Å². The molecule has 1 heterocycles. The van der Waals surface area contributed by atoms with Crippen LogP contribution in [0.1, 0.15) is 20.9 Å². The summed E-state index contributed by atoms with van der Waals surface area (Å²) in [5.74, 6) is -0.476. The summed E-state index contributed by atoms with van der Waals surface area (Å²) in [5.41, 5.74) is 1.29. The first-order chi connectivity index (χ1) is 13.0. The van der Waals surface area contributed by atoms with E-state index < -0.39 is 10.8 Å². The van der Waals surface area contributed by atoms with Gasteiger partial charge in [-0.2, -0.15) is 0 Å². The summed E-state index contributed by atoms with van der Waals surface area (Å²) in [6.45, 7) is 0.